The number of rotatable bonds is 3. The number of halogens is 1. The van der Waals surface area contributed by atoms with Gasteiger partial charge in [-0.15, -0.1) is 0 Å². The van der Waals surface area contributed by atoms with Gasteiger partial charge in [0.25, 0.3) is 5.91 Å². The lowest BCUT2D eigenvalue weighted by Crippen LogP contribution is -2.16. The number of amides is 1. The summed E-state index contributed by atoms with van der Waals surface area (Å²) in [5, 5.41) is 2.67. The minimum Gasteiger partial charge on any atom is -0.318 e. The SMILES string of the molecule is Cc1ccc(-c2nc3ccc(C)cn3c2C(=O)Nc2ccccc2F)cc1. The molecule has 0 atom stereocenters. The van der Waals surface area contributed by atoms with Crippen LogP contribution in [0.5, 0.6) is 0 Å². The molecule has 4 aromatic rings. The predicted molar refractivity (Wildman–Crippen MR) is 104 cm³/mol. The first-order valence-electron chi connectivity index (χ1n) is 8.64. The molecule has 0 fully saturated rings. The van der Waals surface area contributed by atoms with Crippen molar-refractivity contribution in [1.29, 1.82) is 0 Å². The second kappa shape index (κ2) is 6.68. The Morgan fingerprint density at radius 1 is 0.963 bits per heavy atom. The van der Waals surface area contributed by atoms with Crippen LogP contribution in [0, 0.1) is 19.7 Å². The van der Waals surface area contributed by atoms with Gasteiger partial charge in [0.2, 0.25) is 0 Å². The van der Waals surface area contributed by atoms with E-state index in [-0.39, 0.29) is 5.69 Å². The van der Waals surface area contributed by atoms with E-state index in [0.29, 0.717) is 17.0 Å². The monoisotopic (exact) mass is 359 g/mol. The maximum absolute atomic E-state index is 14.0. The Balaban J connectivity index is 1.87. The molecule has 2 aromatic heterocycles. The highest BCUT2D eigenvalue weighted by atomic mass is 19.1. The van der Waals surface area contributed by atoms with E-state index in [2.05, 4.69) is 10.3 Å². The normalized spacial score (nSPS) is 10.9. The molecule has 0 unspecified atom stereocenters. The minimum atomic E-state index is -0.479. The first kappa shape index (κ1) is 17.0. The van der Waals surface area contributed by atoms with Crippen LogP contribution >= 0.6 is 0 Å². The fourth-order valence-corrected chi connectivity index (χ4v) is 3.02. The lowest BCUT2D eigenvalue weighted by Gasteiger charge is -2.09. The van der Waals surface area contributed by atoms with Gasteiger partial charge in [-0.25, -0.2) is 9.37 Å². The molecule has 0 aliphatic heterocycles. The third kappa shape index (κ3) is 3.19. The van der Waals surface area contributed by atoms with Crippen LogP contribution in [0.4, 0.5) is 10.1 Å². The molecule has 0 spiro atoms. The van der Waals surface area contributed by atoms with Gasteiger partial charge in [0, 0.05) is 11.8 Å². The Morgan fingerprint density at radius 3 is 2.41 bits per heavy atom. The van der Waals surface area contributed by atoms with Crippen LogP contribution in [0.25, 0.3) is 16.9 Å². The van der Waals surface area contributed by atoms with E-state index >= 15 is 0 Å². The number of nitrogens with one attached hydrogen (secondary N) is 1. The van der Waals surface area contributed by atoms with Crippen molar-refractivity contribution in [2.45, 2.75) is 13.8 Å². The molecule has 1 N–H and O–H groups in total. The molecule has 5 heteroatoms. The summed E-state index contributed by atoms with van der Waals surface area (Å²) >= 11 is 0. The van der Waals surface area contributed by atoms with Gasteiger partial charge in [-0.2, -0.15) is 0 Å². The first-order chi connectivity index (χ1) is 13.0. The van der Waals surface area contributed by atoms with Crippen LogP contribution in [-0.4, -0.2) is 15.3 Å². The molecule has 0 saturated carbocycles. The van der Waals surface area contributed by atoms with Gasteiger partial charge in [0.15, 0.2) is 0 Å². The van der Waals surface area contributed by atoms with Crippen molar-refractivity contribution in [2.24, 2.45) is 0 Å². The zero-order valence-corrected chi connectivity index (χ0v) is 15.0. The number of fused-ring (bicyclic) bond motifs is 1. The molecule has 27 heavy (non-hydrogen) atoms. The number of pyridine rings is 1. The van der Waals surface area contributed by atoms with Crippen LogP contribution in [0.15, 0.2) is 66.9 Å². The molecule has 134 valence electrons. The van der Waals surface area contributed by atoms with Gasteiger partial charge >= 0.3 is 0 Å². The molecule has 1 amide bonds. The van der Waals surface area contributed by atoms with E-state index in [1.807, 2.05) is 56.4 Å². The van der Waals surface area contributed by atoms with E-state index in [1.165, 1.54) is 12.1 Å². The number of benzene rings is 2. The van der Waals surface area contributed by atoms with Crippen molar-refractivity contribution in [3.05, 3.63) is 89.5 Å². The van der Waals surface area contributed by atoms with Crippen LogP contribution in [0.1, 0.15) is 21.6 Å². The minimum absolute atomic E-state index is 0.139. The summed E-state index contributed by atoms with van der Waals surface area (Å²) in [4.78, 5) is 17.7. The summed E-state index contributed by atoms with van der Waals surface area (Å²) in [6.07, 6.45) is 1.86. The Kier molecular flexibility index (Phi) is 4.20. The molecular formula is C22H18FN3O. The second-order valence-corrected chi connectivity index (χ2v) is 6.54. The molecule has 0 aliphatic carbocycles. The van der Waals surface area contributed by atoms with Crippen molar-refractivity contribution in [3.8, 4) is 11.3 Å². The topological polar surface area (TPSA) is 46.4 Å². The number of nitrogens with zero attached hydrogens (tertiary/aromatic N) is 2. The Bertz CT molecular complexity index is 1150. The third-order valence-corrected chi connectivity index (χ3v) is 4.43. The molecule has 2 aromatic carbocycles. The standard InChI is InChI=1S/C22H18FN3O/c1-14-7-10-16(11-8-14)20-21(26-13-15(2)9-12-19(26)25-20)22(27)24-18-6-4-3-5-17(18)23/h3-13H,1-2H3,(H,24,27). The number of hydrogen-bond donors (Lipinski definition) is 1. The van der Waals surface area contributed by atoms with Crippen molar-refractivity contribution < 1.29 is 9.18 Å². The van der Waals surface area contributed by atoms with Crippen molar-refractivity contribution in [2.75, 3.05) is 5.32 Å². The van der Waals surface area contributed by atoms with Gasteiger partial charge in [-0.1, -0.05) is 48.0 Å². The summed E-state index contributed by atoms with van der Waals surface area (Å²) in [7, 11) is 0. The summed E-state index contributed by atoms with van der Waals surface area (Å²) in [5.74, 6) is -0.887. The largest absolute Gasteiger partial charge is 0.318 e. The zero-order chi connectivity index (χ0) is 19.0. The van der Waals surface area contributed by atoms with Gasteiger partial charge in [0.1, 0.15) is 22.9 Å². The van der Waals surface area contributed by atoms with Gasteiger partial charge in [-0.05, 0) is 37.6 Å². The van der Waals surface area contributed by atoms with Gasteiger partial charge in [-0.3, -0.25) is 9.20 Å². The summed E-state index contributed by atoms with van der Waals surface area (Å²) < 4.78 is 15.8. The molecule has 4 rings (SSSR count). The summed E-state index contributed by atoms with van der Waals surface area (Å²) in [6.45, 7) is 3.95. The van der Waals surface area contributed by atoms with Gasteiger partial charge < -0.3 is 5.32 Å². The maximum Gasteiger partial charge on any atom is 0.275 e. The fraction of sp³-hybridized carbons (Fsp3) is 0.0909. The highest BCUT2D eigenvalue weighted by Gasteiger charge is 2.21. The molecule has 2 heterocycles. The van der Waals surface area contributed by atoms with E-state index in [9.17, 15) is 9.18 Å². The third-order valence-electron chi connectivity index (χ3n) is 4.43. The second-order valence-electron chi connectivity index (χ2n) is 6.54. The number of hydrogen-bond acceptors (Lipinski definition) is 2. The Hall–Kier alpha value is -3.47. The molecule has 0 bridgehead atoms. The number of imidazole rings is 1. The number of carbonyl (C=O) groups is 1. The highest BCUT2D eigenvalue weighted by Crippen LogP contribution is 2.26. The quantitative estimate of drug-likeness (QED) is 0.559. The average Bonchev–Trinajstić information content (AvgIpc) is 3.03. The van der Waals surface area contributed by atoms with Gasteiger partial charge in [0.05, 0.1) is 5.69 Å². The Morgan fingerprint density at radius 2 is 1.67 bits per heavy atom. The first-order valence-corrected chi connectivity index (χ1v) is 8.64. The lowest BCUT2D eigenvalue weighted by molar-refractivity contribution is 0.102. The van der Waals surface area contributed by atoms with E-state index in [0.717, 1.165) is 16.7 Å². The molecule has 0 saturated heterocycles. The van der Waals surface area contributed by atoms with Crippen LogP contribution < -0.4 is 5.32 Å². The Labute approximate surface area is 156 Å². The average molecular weight is 359 g/mol. The van der Waals surface area contributed by atoms with E-state index in [1.54, 1.807) is 16.5 Å². The van der Waals surface area contributed by atoms with Crippen LogP contribution in [0.2, 0.25) is 0 Å². The zero-order valence-electron chi connectivity index (χ0n) is 15.0. The van der Waals surface area contributed by atoms with Crippen LogP contribution in [0.3, 0.4) is 0 Å². The van der Waals surface area contributed by atoms with E-state index in [4.69, 9.17) is 0 Å². The number of para-hydroxylation sites is 1. The number of aryl methyl sites for hydroxylation is 2. The van der Waals surface area contributed by atoms with E-state index < -0.39 is 11.7 Å². The molecule has 0 aliphatic rings. The predicted octanol–water partition coefficient (Wildman–Crippen LogP) is 5.01. The number of anilines is 1. The van der Waals surface area contributed by atoms with Crippen LogP contribution in [-0.2, 0) is 0 Å². The summed E-state index contributed by atoms with van der Waals surface area (Å²) in [6, 6.07) is 17.7. The van der Waals surface area contributed by atoms with Crippen molar-refractivity contribution in [3.63, 3.8) is 0 Å². The van der Waals surface area contributed by atoms with Crippen molar-refractivity contribution in [1.82, 2.24) is 9.38 Å². The number of carbonyl (C=O) groups excluding carboxylic acids is 1. The lowest BCUT2D eigenvalue weighted by atomic mass is 10.1. The van der Waals surface area contributed by atoms with Crippen molar-refractivity contribution >= 4 is 17.2 Å². The number of aromatic nitrogens is 2. The highest BCUT2D eigenvalue weighted by molar-refractivity contribution is 6.07. The molecular weight excluding hydrogens is 341 g/mol. The summed E-state index contributed by atoms with van der Waals surface area (Å²) in [5.41, 5.74) is 4.69. The smallest absolute Gasteiger partial charge is 0.275 e. The fourth-order valence-electron chi connectivity index (χ4n) is 3.02. The molecule has 4 nitrogen and oxygen atoms in total. The maximum atomic E-state index is 14.0. The molecule has 0 radical (unpaired) electrons.